The van der Waals surface area contributed by atoms with E-state index in [1.165, 1.54) is 11.8 Å². The average Bonchev–Trinajstić information content (AvgIpc) is 3.21. The Balaban J connectivity index is 1.34. The van der Waals surface area contributed by atoms with Crippen LogP contribution in [0.4, 0.5) is 4.79 Å². The molecule has 1 N–H and O–H groups in total. The number of hydrogen-bond acceptors (Lipinski definition) is 7. The van der Waals surface area contributed by atoms with Crippen LogP contribution < -0.4 is 9.47 Å². The first-order valence-electron chi connectivity index (χ1n) is 11.3. The van der Waals surface area contributed by atoms with Gasteiger partial charge in [0.25, 0.3) is 5.88 Å². The standard InChI is InChI=1S/C23H30N2O7/c1-15(26)29-13-16-5-7-18(8-6-16)31-19-3-2-4-20-21(19)22(24-32-20)30-14-17-9-11-25(12-10-17)23(27)28/h2-4,16-18H,5-14H2,1H3,(H,27,28). The first kappa shape index (κ1) is 22.2. The van der Waals surface area contributed by atoms with E-state index in [-0.39, 0.29) is 18.0 Å². The molecule has 1 aromatic heterocycles. The molecule has 0 atom stereocenters. The number of rotatable bonds is 7. The highest BCUT2D eigenvalue weighted by atomic mass is 16.5. The predicted molar refractivity (Wildman–Crippen MR) is 115 cm³/mol. The Kier molecular flexibility index (Phi) is 7.02. The molecule has 1 aliphatic carbocycles. The third kappa shape index (κ3) is 5.44. The predicted octanol–water partition coefficient (Wildman–Crippen LogP) is 4.10. The molecule has 9 nitrogen and oxygen atoms in total. The first-order valence-corrected chi connectivity index (χ1v) is 11.3. The van der Waals surface area contributed by atoms with Gasteiger partial charge in [0.2, 0.25) is 0 Å². The van der Waals surface area contributed by atoms with Gasteiger partial charge in [0.15, 0.2) is 5.58 Å². The molecule has 2 aliphatic rings. The number of fused-ring (bicyclic) bond motifs is 1. The summed E-state index contributed by atoms with van der Waals surface area (Å²) in [6, 6.07) is 5.62. The molecule has 4 rings (SSSR count). The Morgan fingerprint density at radius 2 is 1.81 bits per heavy atom. The third-order valence-corrected chi connectivity index (χ3v) is 6.38. The number of likely N-dealkylation sites (tertiary alicyclic amines) is 1. The van der Waals surface area contributed by atoms with Crippen molar-refractivity contribution >= 4 is 23.0 Å². The normalized spacial score (nSPS) is 22.0. The second-order valence-corrected chi connectivity index (χ2v) is 8.70. The summed E-state index contributed by atoms with van der Waals surface area (Å²) in [4.78, 5) is 23.5. The Bertz CT molecular complexity index is 928. The number of carbonyl (C=O) groups excluding carboxylic acids is 1. The van der Waals surface area contributed by atoms with Crippen molar-refractivity contribution in [3.8, 4) is 11.6 Å². The average molecular weight is 447 g/mol. The van der Waals surface area contributed by atoms with Crippen LogP contribution in [-0.4, -0.2) is 59.6 Å². The number of carboxylic acid groups (broad SMARTS) is 1. The van der Waals surface area contributed by atoms with Gasteiger partial charge in [-0.05, 0) is 67.7 Å². The molecule has 32 heavy (non-hydrogen) atoms. The quantitative estimate of drug-likeness (QED) is 0.633. The number of hydrogen-bond donors (Lipinski definition) is 1. The maximum Gasteiger partial charge on any atom is 0.407 e. The highest BCUT2D eigenvalue weighted by Crippen LogP contribution is 2.37. The van der Waals surface area contributed by atoms with E-state index in [1.54, 1.807) is 0 Å². The number of amides is 1. The van der Waals surface area contributed by atoms with E-state index < -0.39 is 6.09 Å². The van der Waals surface area contributed by atoms with Crippen molar-refractivity contribution in [3.05, 3.63) is 18.2 Å². The van der Waals surface area contributed by atoms with E-state index >= 15 is 0 Å². The van der Waals surface area contributed by atoms with Crippen LogP contribution in [0, 0.1) is 11.8 Å². The smallest absolute Gasteiger partial charge is 0.407 e. The van der Waals surface area contributed by atoms with Gasteiger partial charge in [0.1, 0.15) is 11.1 Å². The lowest BCUT2D eigenvalue weighted by atomic mass is 9.88. The van der Waals surface area contributed by atoms with Gasteiger partial charge in [-0.2, -0.15) is 0 Å². The van der Waals surface area contributed by atoms with Gasteiger partial charge in [-0.25, -0.2) is 4.79 Å². The monoisotopic (exact) mass is 446 g/mol. The van der Waals surface area contributed by atoms with Gasteiger partial charge < -0.3 is 28.7 Å². The van der Waals surface area contributed by atoms with Crippen LogP contribution in [-0.2, 0) is 9.53 Å². The lowest BCUT2D eigenvalue weighted by molar-refractivity contribution is -0.142. The second kappa shape index (κ2) is 10.1. The lowest BCUT2D eigenvalue weighted by Gasteiger charge is -2.29. The number of benzene rings is 1. The van der Waals surface area contributed by atoms with Crippen LogP contribution in [0.2, 0.25) is 0 Å². The van der Waals surface area contributed by atoms with E-state index in [0.717, 1.165) is 43.9 Å². The van der Waals surface area contributed by atoms with Crippen molar-refractivity contribution in [2.45, 2.75) is 51.6 Å². The lowest BCUT2D eigenvalue weighted by Crippen LogP contribution is -2.38. The summed E-state index contributed by atoms with van der Waals surface area (Å²) in [6.45, 7) is 3.43. The molecule has 9 heteroatoms. The minimum atomic E-state index is -0.867. The van der Waals surface area contributed by atoms with Crippen LogP contribution in [0.25, 0.3) is 11.0 Å². The van der Waals surface area contributed by atoms with Crippen molar-refractivity contribution in [3.63, 3.8) is 0 Å². The van der Waals surface area contributed by atoms with Crippen LogP contribution in [0.15, 0.2) is 22.7 Å². The summed E-state index contributed by atoms with van der Waals surface area (Å²) in [5.74, 6) is 1.54. The van der Waals surface area contributed by atoms with Crippen molar-refractivity contribution in [1.29, 1.82) is 0 Å². The van der Waals surface area contributed by atoms with Crippen LogP contribution in [0.5, 0.6) is 11.6 Å². The number of nitrogens with zero attached hydrogens (tertiary/aromatic N) is 2. The summed E-state index contributed by atoms with van der Waals surface area (Å²) < 4.78 is 22.9. The fraction of sp³-hybridized carbons (Fsp3) is 0.609. The molecule has 1 saturated carbocycles. The molecular weight excluding hydrogens is 416 g/mol. The maximum atomic E-state index is 11.1. The zero-order valence-corrected chi connectivity index (χ0v) is 18.3. The minimum Gasteiger partial charge on any atom is -0.489 e. The summed E-state index contributed by atoms with van der Waals surface area (Å²) in [7, 11) is 0. The van der Waals surface area contributed by atoms with Crippen LogP contribution in [0.3, 0.4) is 0 Å². The Morgan fingerprint density at radius 1 is 1.09 bits per heavy atom. The molecule has 2 aromatic rings. The van der Waals surface area contributed by atoms with Crippen molar-refractivity contribution in [1.82, 2.24) is 10.1 Å². The van der Waals surface area contributed by atoms with Crippen LogP contribution in [0.1, 0.15) is 45.4 Å². The van der Waals surface area contributed by atoms with E-state index in [2.05, 4.69) is 5.16 Å². The fourth-order valence-corrected chi connectivity index (χ4v) is 4.45. The molecule has 0 unspecified atom stereocenters. The molecule has 1 amide bonds. The molecule has 0 spiro atoms. The zero-order chi connectivity index (χ0) is 22.5. The molecule has 1 aromatic carbocycles. The molecule has 1 saturated heterocycles. The SMILES string of the molecule is CC(=O)OCC1CCC(Oc2cccc3onc(OCC4CCN(C(=O)O)CC4)c23)CC1. The molecule has 0 radical (unpaired) electrons. The number of carbonyl (C=O) groups is 2. The maximum absolute atomic E-state index is 11.1. The van der Waals surface area contributed by atoms with Crippen molar-refractivity contribution in [2.75, 3.05) is 26.3 Å². The van der Waals surface area contributed by atoms with Gasteiger partial charge in [-0.3, -0.25) is 4.79 Å². The summed E-state index contributed by atoms with van der Waals surface area (Å²) >= 11 is 0. The molecule has 1 aliphatic heterocycles. The van der Waals surface area contributed by atoms with Crippen LogP contribution >= 0.6 is 0 Å². The highest BCUT2D eigenvalue weighted by molar-refractivity contribution is 5.88. The molecule has 0 bridgehead atoms. The van der Waals surface area contributed by atoms with E-state index in [0.29, 0.717) is 49.4 Å². The fourth-order valence-electron chi connectivity index (χ4n) is 4.45. The third-order valence-electron chi connectivity index (χ3n) is 6.38. The van der Waals surface area contributed by atoms with Gasteiger partial charge in [-0.1, -0.05) is 6.07 Å². The van der Waals surface area contributed by atoms with Crippen molar-refractivity contribution in [2.24, 2.45) is 11.8 Å². The molecule has 2 fully saturated rings. The highest BCUT2D eigenvalue weighted by Gasteiger charge is 2.26. The largest absolute Gasteiger partial charge is 0.489 e. The minimum absolute atomic E-state index is 0.0808. The van der Waals surface area contributed by atoms with Crippen molar-refractivity contribution < 1.29 is 33.4 Å². The first-order chi connectivity index (χ1) is 15.5. The Morgan fingerprint density at radius 3 is 2.50 bits per heavy atom. The zero-order valence-electron chi connectivity index (χ0n) is 18.3. The Labute approximate surface area is 186 Å². The molecular formula is C23H30N2O7. The van der Waals surface area contributed by atoms with Gasteiger partial charge in [0, 0.05) is 20.0 Å². The van der Waals surface area contributed by atoms with E-state index in [1.807, 2.05) is 18.2 Å². The number of esters is 1. The summed E-state index contributed by atoms with van der Waals surface area (Å²) in [5.41, 5.74) is 0.613. The summed E-state index contributed by atoms with van der Waals surface area (Å²) in [6.07, 6.45) is 4.44. The number of aromatic nitrogens is 1. The van der Waals surface area contributed by atoms with Gasteiger partial charge in [0.05, 0.1) is 19.3 Å². The number of piperidine rings is 1. The van der Waals surface area contributed by atoms with Gasteiger partial charge >= 0.3 is 12.1 Å². The topological polar surface area (TPSA) is 111 Å². The molecule has 174 valence electrons. The second-order valence-electron chi connectivity index (χ2n) is 8.70. The summed E-state index contributed by atoms with van der Waals surface area (Å²) in [5, 5.41) is 13.9. The van der Waals surface area contributed by atoms with Gasteiger partial charge in [-0.15, -0.1) is 0 Å². The number of ether oxygens (including phenoxy) is 3. The Hall–Kier alpha value is -2.97. The van der Waals surface area contributed by atoms with E-state index in [4.69, 9.17) is 23.8 Å². The van der Waals surface area contributed by atoms with E-state index in [9.17, 15) is 9.59 Å². The molecule has 2 heterocycles.